The fourth-order valence-corrected chi connectivity index (χ4v) is 3.90. The monoisotopic (exact) mass is 514 g/mol. The van der Waals surface area contributed by atoms with E-state index in [9.17, 15) is 0 Å². The molecule has 0 aliphatic carbocycles. The van der Waals surface area contributed by atoms with Crippen molar-refractivity contribution in [1.29, 1.82) is 0 Å². The number of hydrogen-bond donors (Lipinski definition) is 0. The van der Waals surface area contributed by atoms with Crippen molar-refractivity contribution in [1.82, 2.24) is 0 Å². The number of hydrogen-bond acceptors (Lipinski definition) is 0. The summed E-state index contributed by atoms with van der Waals surface area (Å²) in [6, 6.07) is 62.0. The second-order valence-electron chi connectivity index (χ2n) is 9.04. The first-order valence-electron chi connectivity index (χ1n) is 13.5. The Morgan fingerprint density at radius 2 is 0.375 bits per heavy atom. The van der Waals surface area contributed by atoms with Gasteiger partial charge >= 0.3 is 0 Å². The second kappa shape index (κ2) is 16.6. The molecule has 0 fully saturated rings. The summed E-state index contributed by atoms with van der Waals surface area (Å²) < 4.78 is 0. The highest BCUT2D eigenvalue weighted by Crippen LogP contribution is 2.17. The predicted molar refractivity (Wildman–Crippen MR) is 176 cm³/mol. The second-order valence-corrected chi connectivity index (χ2v) is 9.04. The van der Waals surface area contributed by atoms with Gasteiger partial charge in [0, 0.05) is 0 Å². The Morgan fingerprint density at radius 1 is 0.200 bits per heavy atom. The molecule has 0 aromatic heterocycles. The minimum Gasteiger partial charge on any atom is -0.0622 e. The fraction of sp³-hybridized carbons (Fsp3) is 0. The predicted octanol–water partition coefficient (Wildman–Crippen LogP) is 11.1. The zero-order chi connectivity index (χ0) is 27.5. The van der Waals surface area contributed by atoms with E-state index in [2.05, 4.69) is 121 Å². The van der Waals surface area contributed by atoms with E-state index in [1.54, 1.807) is 0 Å². The van der Waals surface area contributed by atoms with Gasteiger partial charge in [0.05, 0.1) is 0 Å². The standard InChI is InChI=1S/2C14H12.C12H10/c2*1-3-7-13(8-4-1)11-12-14-9-5-2-6-10-14;1-3-7-11(8-4-1)12-9-5-2-6-10-12/h2*1-12H;1-10H. The molecule has 40 heavy (non-hydrogen) atoms. The third-order valence-electron chi connectivity index (χ3n) is 6.02. The molecule has 6 aromatic carbocycles. The van der Waals surface area contributed by atoms with E-state index < -0.39 is 0 Å². The molecular formula is C40H34. The third-order valence-corrected chi connectivity index (χ3v) is 6.02. The molecule has 6 aromatic rings. The van der Waals surface area contributed by atoms with Crippen LogP contribution in [0.5, 0.6) is 0 Å². The van der Waals surface area contributed by atoms with Crippen LogP contribution in [-0.2, 0) is 0 Å². The normalized spacial score (nSPS) is 10.3. The molecule has 194 valence electrons. The molecule has 0 heterocycles. The van der Waals surface area contributed by atoms with Gasteiger partial charge in [-0.25, -0.2) is 0 Å². The minimum absolute atomic E-state index is 1.23. The van der Waals surface area contributed by atoms with Gasteiger partial charge in [-0.3, -0.25) is 0 Å². The fourth-order valence-electron chi connectivity index (χ4n) is 3.90. The lowest BCUT2D eigenvalue weighted by atomic mass is 10.1. The maximum atomic E-state index is 2.12. The van der Waals surface area contributed by atoms with E-state index in [-0.39, 0.29) is 0 Å². The van der Waals surface area contributed by atoms with E-state index in [1.165, 1.54) is 33.4 Å². The Hall–Kier alpha value is -5.20. The van der Waals surface area contributed by atoms with Crippen molar-refractivity contribution in [3.8, 4) is 11.1 Å². The maximum Gasteiger partial charge on any atom is -0.0184 e. The Labute approximate surface area is 239 Å². The van der Waals surface area contributed by atoms with Crippen LogP contribution in [0, 0.1) is 0 Å². The summed E-state index contributed by atoms with van der Waals surface area (Å²) in [7, 11) is 0. The Morgan fingerprint density at radius 3 is 0.575 bits per heavy atom. The Kier molecular flexibility index (Phi) is 11.5. The van der Waals surface area contributed by atoms with Gasteiger partial charge in [0.1, 0.15) is 0 Å². The number of rotatable bonds is 5. The van der Waals surface area contributed by atoms with Crippen LogP contribution in [0.25, 0.3) is 35.4 Å². The molecule has 0 bridgehead atoms. The molecular weight excluding hydrogens is 480 g/mol. The van der Waals surface area contributed by atoms with Crippen LogP contribution in [0.15, 0.2) is 182 Å². The average Bonchev–Trinajstić information content (AvgIpc) is 3.06. The van der Waals surface area contributed by atoms with E-state index in [1.807, 2.05) is 84.9 Å². The van der Waals surface area contributed by atoms with Gasteiger partial charge in [0.15, 0.2) is 0 Å². The third kappa shape index (κ3) is 10.3. The van der Waals surface area contributed by atoms with Crippen molar-refractivity contribution in [3.63, 3.8) is 0 Å². The van der Waals surface area contributed by atoms with Crippen LogP contribution in [0.2, 0.25) is 0 Å². The van der Waals surface area contributed by atoms with E-state index in [0.717, 1.165) is 0 Å². The van der Waals surface area contributed by atoms with Gasteiger partial charge in [-0.05, 0) is 33.4 Å². The van der Waals surface area contributed by atoms with Crippen molar-refractivity contribution in [2.45, 2.75) is 0 Å². The average molecular weight is 515 g/mol. The number of benzene rings is 6. The van der Waals surface area contributed by atoms with Crippen LogP contribution in [-0.4, -0.2) is 0 Å². The quantitative estimate of drug-likeness (QED) is 0.201. The van der Waals surface area contributed by atoms with Gasteiger partial charge < -0.3 is 0 Å². The van der Waals surface area contributed by atoms with Crippen LogP contribution in [0.3, 0.4) is 0 Å². The zero-order valence-corrected chi connectivity index (χ0v) is 22.6. The Balaban J connectivity index is 0.000000139. The molecule has 0 saturated heterocycles. The largest absolute Gasteiger partial charge is 0.0622 e. The van der Waals surface area contributed by atoms with Crippen LogP contribution >= 0.6 is 0 Å². The zero-order valence-electron chi connectivity index (χ0n) is 22.6. The molecule has 0 N–H and O–H groups in total. The first kappa shape index (κ1) is 27.8. The summed E-state index contributed by atoms with van der Waals surface area (Å²) in [6.07, 6.45) is 8.48. The maximum absolute atomic E-state index is 2.12. The van der Waals surface area contributed by atoms with Gasteiger partial charge in [0.25, 0.3) is 0 Å². The molecule has 0 nitrogen and oxygen atoms in total. The molecule has 0 spiro atoms. The molecule has 0 saturated carbocycles. The van der Waals surface area contributed by atoms with Gasteiger partial charge in [-0.15, -0.1) is 0 Å². The highest BCUT2D eigenvalue weighted by atomic mass is 14.0. The molecule has 0 heteroatoms. The van der Waals surface area contributed by atoms with E-state index in [0.29, 0.717) is 0 Å². The molecule has 0 amide bonds. The summed E-state index contributed by atoms with van der Waals surface area (Å²) in [6.45, 7) is 0. The molecule has 0 unspecified atom stereocenters. The van der Waals surface area contributed by atoms with Crippen LogP contribution < -0.4 is 0 Å². The summed E-state index contributed by atoms with van der Waals surface area (Å²) >= 11 is 0. The molecule has 0 atom stereocenters. The van der Waals surface area contributed by atoms with E-state index in [4.69, 9.17) is 0 Å². The first-order chi connectivity index (χ1) is 19.9. The SMILES string of the molecule is C(=Cc1ccccc1)c1ccccc1.C(=Cc1ccccc1)c1ccccc1.c1ccc(-c2ccccc2)cc1. The molecule has 0 aliphatic heterocycles. The van der Waals surface area contributed by atoms with Crippen molar-refractivity contribution in [2.75, 3.05) is 0 Å². The lowest BCUT2D eigenvalue weighted by Crippen LogP contribution is -1.73. The van der Waals surface area contributed by atoms with Gasteiger partial charge in [-0.1, -0.05) is 206 Å². The van der Waals surface area contributed by atoms with E-state index >= 15 is 0 Å². The smallest absolute Gasteiger partial charge is 0.0184 e. The van der Waals surface area contributed by atoms with Crippen LogP contribution in [0.1, 0.15) is 22.3 Å². The summed E-state index contributed by atoms with van der Waals surface area (Å²) in [5.74, 6) is 0. The summed E-state index contributed by atoms with van der Waals surface area (Å²) in [4.78, 5) is 0. The van der Waals surface area contributed by atoms with Crippen molar-refractivity contribution < 1.29 is 0 Å². The first-order valence-corrected chi connectivity index (χ1v) is 13.5. The minimum atomic E-state index is 1.23. The molecule has 0 radical (unpaired) electrons. The highest BCUT2D eigenvalue weighted by Gasteiger charge is 1.92. The highest BCUT2D eigenvalue weighted by molar-refractivity contribution is 5.70. The molecule has 0 aliphatic rings. The van der Waals surface area contributed by atoms with Crippen LogP contribution in [0.4, 0.5) is 0 Å². The Bertz CT molecular complexity index is 1310. The van der Waals surface area contributed by atoms with Crippen molar-refractivity contribution in [3.05, 3.63) is 204 Å². The molecule has 6 rings (SSSR count). The van der Waals surface area contributed by atoms with Gasteiger partial charge in [0.2, 0.25) is 0 Å². The summed E-state index contributed by atoms with van der Waals surface area (Å²) in [5.41, 5.74) is 7.48. The lowest BCUT2D eigenvalue weighted by Gasteiger charge is -1.98. The summed E-state index contributed by atoms with van der Waals surface area (Å²) in [5, 5.41) is 0. The topological polar surface area (TPSA) is 0 Å². The lowest BCUT2D eigenvalue weighted by molar-refractivity contribution is 1.62. The van der Waals surface area contributed by atoms with Crippen molar-refractivity contribution >= 4 is 24.3 Å². The van der Waals surface area contributed by atoms with Gasteiger partial charge in [-0.2, -0.15) is 0 Å². The van der Waals surface area contributed by atoms with Crippen molar-refractivity contribution in [2.24, 2.45) is 0 Å².